The van der Waals surface area contributed by atoms with Crippen LogP contribution in [0, 0.1) is 13.8 Å². The number of esters is 1. The molecule has 2 aromatic rings. The Morgan fingerprint density at radius 2 is 1.74 bits per heavy atom. The number of carbonyl (C=O) groups excluding carboxylic acids is 1. The van der Waals surface area contributed by atoms with Gasteiger partial charge in [-0.15, -0.1) is 0 Å². The lowest BCUT2D eigenvalue weighted by Gasteiger charge is -2.14. The lowest BCUT2D eigenvalue weighted by atomic mass is 10.1. The van der Waals surface area contributed by atoms with Crippen LogP contribution in [0.15, 0.2) is 47.4 Å². The average Bonchev–Trinajstić information content (AvgIpc) is 2.50. The molecule has 0 amide bonds. The monoisotopic (exact) mass is 333 g/mol. The molecule has 0 unspecified atom stereocenters. The highest BCUT2D eigenvalue weighted by atomic mass is 32.2. The van der Waals surface area contributed by atoms with Gasteiger partial charge in [0.25, 0.3) is 10.0 Å². The van der Waals surface area contributed by atoms with E-state index in [1.54, 1.807) is 38.1 Å². The zero-order chi connectivity index (χ0) is 17.0. The summed E-state index contributed by atoms with van der Waals surface area (Å²) in [7, 11) is -3.78. The van der Waals surface area contributed by atoms with Gasteiger partial charge in [-0.1, -0.05) is 29.8 Å². The Balaban J connectivity index is 2.43. The second-order valence-electron chi connectivity index (χ2n) is 5.14. The summed E-state index contributed by atoms with van der Waals surface area (Å²) in [5.74, 6) is -0.558. The summed E-state index contributed by atoms with van der Waals surface area (Å²) in [4.78, 5) is 12.2. The summed E-state index contributed by atoms with van der Waals surface area (Å²) >= 11 is 0. The van der Waals surface area contributed by atoms with Crippen molar-refractivity contribution in [3.05, 3.63) is 59.2 Å². The molecule has 0 atom stereocenters. The molecule has 0 aliphatic heterocycles. The van der Waals surface area contributed by atoms with Gasteiger partial charge in [-0.25, -0.2) is 13.2 Å². The lowest BCUT2D eigenvalue weighted by molar-refractivity contribution is 0.0527. The standard InChI is InChI=1S/C17H19NO4S/c1-4-22-17(19)15-7-5-6-13(3)16(15)18-23(20,21)14-10-8-12(2)9-11-14/h5-11,18H,4H2,1-3H3. The smallest absolute Gasteiger partial charge is 0.340 e. The van der Waals surface area contributed by atoms with Crippen LogP contribution in [0.5, 0.6) is 0 Å². The predicted octanol–water partition coefficient (Wildman–Crippen LogP) is 3.28. The predicted molar refractivity (Wildman–Crippen MR) is 89.1 cm³/mol. The minimum atomic E-state index is -3.78. The van der Waals surface area contributed by atoms with Gasteiger partial charge in [-0.3, -0.25) is 4.72 Å². The highest BCUT2D eigenvalue weighted by Crippen LogP contribution is 2.25. The van der Waals surface area contributed by atoms with Gasteiger partial charge >= 0.3 is 5.97 Å². The molecular weight excluding hydrogens is 314 g/mol. The number of ether oxygens (including phenoxy) is 1. The second-order valence-corrected chi connectivity index (χ2v) is 6.82. The van der Waals surface area contributed by atoms with Crippen LogP contribution in [0.4, 0.5) is 5.69 Å². The molecule has 0 bridgehead atoms. The van der Waals surface area contributed by atoms with Gasteiger partial charge in [0.05, 0.1) is 22.8 Å². The normalized spacial score (nSPS) is 11.1. The van der Waals surface area contributed by atoms with E-state index in [0.29, 0.717) is 5.56 Å². The summed E-state index contributed by atoms with van der Waals surface area (Å²) in [6.07, 6.45) is 0. The molecular formula is C17H19NO4S. The van der Waals surface area contributed by atoms with E-state index < -0.39 is 16.0 Å². The highest BCUT2D eigenvalue weighted by molar-refractivity contribution is 7.92. The quantitative estimate of drug-likeness (QED) is 0.852. The SMILES string of the molecule is CCOC(=O)c1cccc(C)c1NS(=O)(=O)c1ccc(C)cc1. The fourth-order valence-electron chi connectivity index (χ4n) is 2.09. The number of anilines is 1. The van der Waals surface area contributed by atoms with Crippen LogP contribution in [0.3, 0.4) is 0 Å². The molecule has 5 nitrogen and oxygen atoms in total. The van der Waals surface area contributed by atoms with Gasteiger partial charge in [-0.2, -0.15) is 0 Å². The van der Waals surface area contributed by atoms with Gasteiger partial charge in [0.2, 0.25) is 0 Å². The topological polar surface area (TPSA) is 72.5 Å². The molecule has 2 rings (SSSR count). The third-order valence-corrected chi connectivity index (χ3v) is 4.70. The molecule has 0 aromatic heterocycles. The third-order valence-electron chi connectivity index (χ3n) is 3.34. The highest BCUT2D eigenvalue weighted by Gasteiger charge is 2.20. The van der Waals surface area contributed by atoms with Crippen molar-refractivity contribution in [3.63, 3.8) is 0 Å². The maximum Gasteiger partial charge on any atom is 0.340 e. The van der Waals surface area contributed by atoms with Crippen LogP contribution < -0.4 is 4.72 Å². The summed E-state index contributed by atoms with van der Waals surface area (Å²) in [5, 5.41) is 0. The van der Waals surface area contributed by atoms with E-state index in [4.69, 9.17) is 4.74 Å². The lowest BCUT2D eigenvalue weighted by Crippen LogP contribution is -2.17. The Labute approximate surface area is 136 Å². The van der Waals surface area contributed by atoms with Gasteiger partial charge in [0.15, 0.2) is 0 Å². The molecule has 6 heteroatoms. The van der Waals surface area contributed by atoms with E-state index in [1.165, 1.54) is 18.2 Å². The minimum absolute atomic E-state index is 0.140. The Kier molecular flexibility index (Phi) is 5.05. The van der Waals surface area contributed by atoms with Gasteiger partial charge in [0.1, 0.15) is 0 Å². The Bertz CT molecular complexity index is 811. The maximum absolute atomic E-state index is 12.5. The molecule has 0 heterocycles. The number of sulfonamides is 1. The van der Waals surface area contributed by atoms with Gasteiger partial charge in [-0.05, 0) is 44.5 Å². The van der Waals surface area contributed by atoms with E-state index in [2.05, 4.69) is 4.72 Å². The molecule has 0 aliphatic carbocycles. The Morgan fingerprint density at radius 1 is 1.09 bits per heavy atom. The zero-order valence-corrected chi connectivity index (χ0v) is 14.1. The minimum Gasteiger partial charge on any atom is -0.462 e. The van der Waals surface area contributed by atoms with Crippen LogP contribution in [0.2, 0.25) is 0 Å². The molecule has 122 valence electrons. The summed E-state index contributed by atoms with van der Waals surface area (Å²) in [6, 6.07) is 11.5. The largest absolute Gasteiger partial charge is 0.462 e. The number of aryl methyl sites for hydroxylation is 2. The van der Waals surface area contributed by atoms with Gasteiger partial charge < -0.3 is 4.74 Å². The molecule has 0 fully saturated rings. The fourth-order valence-corrected chi connectivity index (χ4v) is 3.24. The first-order valence-electron chi connectivity index (χ1n) is 7.21. The first kappa shape index (κ1) is 17.0. The first-order chi connectivity index (χ1) is 10.8. The number of carbonyl (C=O) groups is 1. The second kappa shape index (κ2) is 6.83. The molecule has 0 radical (unpaired) electrons. The zero-order valence-electron chi connectivity index (χ0n) is 13.3. The molecule has 0 aliphatic rings. The van der Waals surface area contributed by atoms with Gasteiger partial charge in [0, 0.05) is 0 Å². The summed E-state index contributed by atoms with van der Waals surface area (Å²) in [6.45, 7) is 5.53. The number of para-hydroxylation sites is 1. The van der Waals surface area contributed by atoms with Crippen molar-refractivity contribution in [2.45, 2.75) is 25.7 Å². The maximum atomic E-state index is 12.5. The van der Waals surface area contributed by atoms with E-state index in [1.807, 2.05) is 6.92 Å². The van der Waals surface area contributed by atoms with Crippen LogP contribution in [-0.2, 0) is 14.8 Å². The van der Waals surface area contributed by atoms with Crippen molar-refractivity contribution >= 4 is 21.7 Å². The van der Waals surface area contributed by atoms with Crippen molar-refractivity contribution in [2.75, 3.05) is 11.3 Å². The molecule has 1 N–H and O–H groups in total. The molecule has 0 saturated heterocycles. The van der Waals surface area contributed by atoms with E-state index >= 15 is 0 Å². The Morgan fingerprint density at radius 3 is 2.35 bits per heavy atom. The molecule has 23 heavy (non-hydrogen) atoms. The number of benzene rings is 2. The van der Waals surface area contributed by atoms with Crippen molar-refractivity contribution in [3.8, 4) is 0 Å². The van der Waals surface area contributed by atoms with Crippen molar-refractivity contribution < 1.29 is 17.9 Å². The Hall–Kier alpha value is -2.34. The number of rotatable bonds is 5. The van der Waals surface area contributed by atoms with Crippen LogP contribution in [0.1, 0.15) is 28.4 Å². The fraction of sp³-hybridized carbons (Fsp3) is 0.235. The first-order valence-corrected chi connectivity index (χ1v) is 8.69. The average molecular weight is 333 g/mol. The third kappa shape index (κ3) is 3.90. The van der Waals surface area contributed by atoms with E-state index in [-0.39, 0.29) is 22.8 Å². The van der Waals surface area contributed by atoms with Crippen molar-refractivity contribution in [1.82, 2.24) is 0 Å². The van der Waals surface area contributed by atoms with Crippen LogP contribution >= 0.6 is 0 Å². The van der Waals surface area contributed by atoms with Crippen molar-refractivity contribution in [2.24, 2.45) is 0 Å². The molecule has 2 aromatic carbocycles. The van der Waals surface area contributed by atoms with E-state index in [9.17, 15) is 13.2 Å². The summed E-state index contributed by atoms with van der Waals surface area (Å²) < 4.78 is 32.6. The molecule has 0 saturated carbocycles. The number of hydrogen-bond donors (Lipinski definition) is 1. The molecule has 0 spiro atoms. The summed E-state index contributed by atoms with van der Waals surface area (Å²) in [5.41, 5.74) is 2.05. The van der Waals surface area contributed by atoms with Crippen LogP contribution in [-0.4, -0.2) is 21.0 Å². The van der Waals surface area contributed by atoms with E-state index in [0.717, 1.165) is 5.56 Å². The van der Waals surface area contributed by atoms with Crippen LogP contribution in [0.25, 0.3) is 0 Å². The number of hydrogen-bond acceptors (Lipinski definition) is 4. The number of nitrogens with one attached hydrogen (secondary N) is 1. The van der Waals surface area contributed by atoms with Crippen molar-refractivity contribution in [1.29, 1.82) is 0 Å².